The van der Waals surface area contributed by atoms with E-state index in [1.807, 2.05) is 48.5 Å². The van der Waals surface area contributed by atoms with E-state index in [2.05, 4.69) is 0 Å². The van der Waals surface area contributed by atoms with Crippen LogP contribution >= 0.6 is 0 Å². The van der Waals surface area contributed by atoms with Crippen molar-refractivity contribution >= 4 is 5.69 Å². The fourth-order valence-electron chi connectivity index (χ4n) is 2.65. The highest BCUT2D eigenvalue weighted by Gasteiger charge is 2.17. The van der Waals surface area contributed by atoms with Gasteiger partial charge in [0.1, 0.15) is 18.1 Å². The molecule has 0 aliphatic heterocycles. The number of nitrogen functional groups attached to an aromatic ring is 1. The second-order valence-corrected chi connectivity index (χ2v) is 5.50. The topological polar surface area (TPSA) is 44.5 Å². The number of nitrogens with two attached hydrogens (primary N) is 1. The third kappa shape index (κ3) is 3.69. The average molecular weight is 283 g/mol. The molecule has 3 nitrogen and oxygen atoms in total. The molecule has 3 heteroatoms. The Morgan fingerprint density at radius 3 is 2.52 bits per heavy atom. The maximum Gasteiger partial charge on any atom is 0.146 e. The zero-order chi connectivity index (χ0) is 14.5. The minimum absolute atomic E-state index is 0.343. The first-order chi connectivity index (χ1) is 10.3. The van der Waals surface area contributed by atoms with Crippen LogP contribution in [0.1, 0.15) is 31.2 Å². The van der Waals surface area contributed by atoms with Crippen molar-refractivity contribution in [3.05, 3.63) is 54.1 Å². The van der Waals surface area contributed by atoms with Gasteiger partial charge in [0.05, 0.1) is 11.8 Å². The van der Waals surface area contributed by atoms with Crippen LogP contribution in [0.15, 0.2) is 48.5 Å². The first-order valence-electron chi connectivity index (χ1n) is 7.54. The summed E-state index contributed by atoms with van der Waals surface area (Å²) in [5, 5.41) is 0. The lowest BCUT2D eigenvalue weighted by Crippen LogP contribution is -2.11. The fourth-order valence-corrected chi connectivity index (χ4v) is 2.65. The lowest BCUT2D eigenvalue weighted by Gasteiger charge is -2.15. The maximum atomic E-state index is 5.99. The minimum atomic E-state index is 0.343. The number of hydrogen-bond acceptors (Lipinski definition) is 3. The second-order valence-electron chi connectivity index (χ2n) is 5.50. The van der Waals surface area contributed by atoms with Gasteiger partial charge in [-0.1, -0.05) is 30.3 Å². The van der Waals surface area contributed by atoms with Crippen molar-refractivity contribution in [3.63, 3.8) is 0 Å². The summed E-state index contributed by atoms with van der Waals surface area (Å²) in [5.74, 6) is 1.54. The fraction of sp³-hybridized carbons (Fsp3) is 0.333. The Bertz CT molecular complexity index is 577. The molecule has 2 N–H and O–H groups in total. The highest BCUT2D eigenvalue weighted by molar-refractivity contribution is 5.55. The third-order valence-corrected chi connectivity index (χ3v) is 3.83. The summed E-state index contributed by atoms with van der Waals surface area (Å²) in [4.78, 5) is 0. The summed E-state index contributed by atoms with van der Waals surface area (Å²) < 4.78 is 11.8. The zero-order valence-corrected chi connectivity index (χ0v) is 12.1. The van der Waals surface area contributed by atoms with Gasteiger partial charge in [-0.2, -0.15) is 0 Å². The van der Waals surface area contributed by atoms with Gasteiger partial charge < -0.3 is 15.2 Å². The highest BCUT2D eigenvalue weighted by atomic mass is 16.5. The summed E-state index contributed by atoms with van der Waals surface area (Å²) in [6.45, 7) is 0.512. The van der Waals surface area contributed by atoms with Gasteiger partial charge in [-0.05, 0) is 43.4 Å². The van der Waals surface area contributed by atoms with Crippen LogP contribution in [-0.4, -0.2) is 6.10 Å². The summed E-state index contributed by atoms with van der Waals surface area (Å²) in [7, 11) is 0. The van der Waals surface area contributed by atoms with Crippen molar-refractivity contribution in [2.24, 2.45) is 0 Å². The number of anilines is 1. The van der Waals surface area contributed by atoms with Crippen LogP contribution in [0, 0.1) is 0 Å². The Morgan fingerprint density at radius 1 is 1.00 bits per heavy atom. The van der Waals surface area contributed by atoms with Gasteiger partial charge in [-0.15, -0.1) is 0 Å². The predicted molar refractivity (Wildman–Crippen MR) is 84.5 cm³/mol. The molecule has 0 bridgehead atoms. The van der Waals surface area contributed by atoms with Crippen LogP contribution in [0.3, 0.4) is 0 Å². The molecule has 0 heterocycles. The smallest absolute Gasteiger partial charge is 0.146 e. The summed E-state index contributed by atoms with van der Waals surface area (Å²) in [6.07, 6.45) is 5.15. The lowest BCUT2D eigenvalue weighted by atomic mass is 10.2. The van der Waals surface area contributed by atoms with E-state index in [1.165, 1.54) is 12.8 Å². The van der Waals surface area contributed by atoms with Crippen molar-refractivity contribution < 1.29 is 9.47 Å². The van der Waals surface area contributed by atoms with Crippen LogP contribution in [0.2, 0.25) is 0 Å². The molecule has 0 unspecified atom stereocenters. The molecule has 1 fully saturated rings. The molecule has 110 valence electrons. The normalized spacial score (nSPS) is 15.0. The Kier molecular flexibility index (Phi) is 4.29. The monoisotopic (exact) mass is 283 g/mol. The zero-order valence-electron chi connectivity index (χ0n) is 12.1. The Hall–Kier alpha value is -2.16. The van der Waals surface area contributed by atoms with Gasteiger partial charge in [0.25, 0.3) is 0 Å². The number of ether oxygens (including phenoxy) is 2. The van der Waals surface area contributed by atoms with Gasteiger partial charge in [0.2, 0.25) is 0 Å². The van der Waals surface area contributed by atoms with Crippen LogP contribution in [0.5, 0.6) is 11.5 Å². The first-order valence-corrected chi connectivity index (χ1v) is 7.54. The van der Waals surface area contributed by atoms with Crippen molar-refractivity contribution in [2.45, 2.75) is 38.4 Å². The van der Waals surface area contributed by atoms with E-state index >= 15 is 0 Å². The van der Waals surface area contributed by atoms with E-state index in [4.69, 9.17) is 15.2 Å². The predicted octanol–water partition coefficient (Wildman–Crippen LogP) is 4.17. The van der Waals surface area contributed by atoms with Gasteiger partial charge in [-0.3, -0.25) is 0 Å². The number of benzene rings is 2. The maximum absolute atomic E-state index is 5.99. The van der Waals surface area contributed by atoms with Crippen LogP contribution in [0.4, 0.5) is 5.69 Å². The van der Waals surface area contributed by atoms with E-state index in [9.17, 15) is 0 Å². The Labute approximate surface area is 125 Å². The third-order valence-electron chi connectivity index (χ3n) is 3.83. The molecule has 2 aromatic rings. The van der Waals surface area contributed by atoms with E-state index in [-0.39, 0.29) is 0 Å². The number of hydrogen-bond donors (Lipinski definition) is 1. The largest absolute Gasteiger partial charge is 0.490 e. The van der Waals surface area contributed by atoms with E-state index < -0.39 is 0 Å². The summed E-state index contributed by atoms with van der Waals surface area (Å²) in [6, 6.07) is 15.7. The second kappa shape index (κ2) is 6.53. The first kappa shape index (κ1) is 13.8. The van der Waals surface area contributed by atoms with Gasteiger partial charge >= 0.3 is 0 Å². The van der Waals surface area contributed by atoms with Gasteiger partial charge in [-0.25, -0.2) is 0 Å². The van der Waals surface area contributed by atoms with Gasteiger partial charge in [0.15, 0.2) is 0 Å². The summed E-state index contributed by atoms with van der Waals surface area (Å²) >= 11 is 0. The van der Waals surface area contributed by atoms with Crippen LogP contribution in [-0.2, 0) is 6.61 Å². The van der Waals surface area contributed by atoms with Crippen molar-refractivity contribution in [1.29, 1.82) is 0 Å². The van der Waals surface area contributed by atoms with Crippen LogP contribution < -0.4 is 15.2 Å². The quantitative estimate of drug-likeness (QED) is 0.838. The molecule has 0 atom stereocenters. The Morgan fingerprint density at radius 2 is 1.76 bits per heavy atom. The molecular formula is C18H21NO2. The minimum Gasteiger partial charge on any atom is -0.490 e. The van der Waals surface area contributed by atoms with Crippen molar-refractivity contribution in [1.82, 2.24) is 0 Å². The van der Waals surface area contributed by atoms with Crippen molar-refractivity contribution in [3.8, 4) is 11.5 Å². The average Bonchev–Trinajstić information content (AvgIpc) is 3.02. The molecular weight excluding hydrogens is 262 g/mol. The molecule has 21 heavy (non-hydrogen) atoms. The number of rotatable bonds is 5. The van der Waals surface area contributed by atoms with Gasteiger partial charge in [0, 0.05) is 6.07 Å². The Balaban J connectivity index is 1.66. The molecule has 0 radical (unpaired) electrons. The molecule has 2 aromatic carbocycles. The molecule has 0 aromatic heterocycles. The standard InChI is InChI=1S/C18H21NO2/c19-17-11-10-16(21-15-8-4-5-9-15)12-18(17)20-13-14-6-2-1-3-7-14/h1-3,6-7,10-12,15H,4-5,8-9,13,19H2. The van der Waals surface area contributed by atoms with Crippen molar-refractivity contribution in [2.75, 3.05) is 5.73 Å². The SMILES string of the molecule is Nc1ccc(OC2CCCC2)cc1OCc1ccccc1. The van der Waals surface area contributed by atoms with E-state index in [1.54, 1.807) is 0 Å². The molecule has 3 rings (SSSR count). The molecule has 1 aliphatic rings. The highest BCUT2D eigenvalue weighted by Crippen LogP contribution is 2.30. The van der Waals surface area contributed by atoms with Crippen LogP contribution in [0.25, 0.3) is 0 Å². The lowest BCUT2D eigenvalue weighted by molar-refractivity contribution is 0.208. The van der Waals surface area contributed by atoms with E-state index in [0.717, 1.165) is 24.2 Å². The summed E-state index contributed by atoms with van der Waals surface area (Å²) in [5.41, 5.74) is 7.75. The molecule has 0 saturated heterocycles. The molecule has 1 aliphatic carbocycles. The molecule has 0 spiro atoms. The van der Waals surface area contributed by atoms with E-state index in [0.29, 0.717) is 24.1 Å². The molecule has 0 amide bonds. The molecule has 1 saturated carbocycles.